The monoisotopic (exact) mass is 408 g/mol. The zero-order valence-corrected chi connectivity index (χ0v) is 17.8. The molecular formula is C23H28N4O3. The lowest BCUT2D eigenvalue weighted by Gasteiger charge is -2.39. The molecule has 0 saturated carbocycles. The van der Waals surface area contributed by atoms with Gasteiger partial charge in [0.15, 0.2) is 0 Å². The lowest BCUT2D eigenvalue weighted by molar-refractivity contribution is 0.0665. The summed E-state index contributed by atoms with van der Waals surface area (Å²) in [5.74, 6) is 1.65. The number of nitrogens with zero attached hydrogens (tertiary/aromatic N) is 1. The molecule has 7 nitrogen and oxygen atoms in total. The molecule has 3 aromatic rings. The van der Waals surface area contributed by atoms with Gasteiger partial charge in [0.05, 0.1) is 30.6 Å². The number of carbonyl (C=O) groups is 1. The highest BCUT2D eigenvalue weighted by molar-refractivity contribution is 6.00. The van der Waals surface area contributed by atoms with E-state index in [2.05, 4.69) is 27.8 Å². The summed E-state index contributed by atoms with van der Waals surface area (Å²) in [6, 6.07) is 9.19. The van der Waals surface area contributed by atoms with E-state index in [-0.39, 0.29) is 12.1 Å². The molecule has 0 saturated heterocycles. The number of benzene rings is 2. The number of urea groups is 1. The van der Waals surface area contributed by atoms with Crippen LogP contribution in [0.3, 0.4) is 0 Å². The van der Waals surface area contributed by atoms with Crippen molar-refractivity contribution in [2.24, 2.45) is 0 Å². The standard InChI is InChI=1S/C23H28N4O3/c1-5-7-15-20(29-4)11-10-14-19(12-23(2,3)30-21(14)15)26-22(28)25-17-8-6-9-18-16(17)13-24-27-18/h6,8-11,13,19H,5,7,12H2,1-4H3,(H,24,27)(H2,25,26,28). The highest BCUT2D eigenvalue weighted by atomic mass is 16.5. The van der Waals surface area contributed by atoms with Crippen molar-refractivity contribution in [2.45, 2.75) is 51.7 Å². The number of fused-ring (bicyclic) bond motifs is 2. The second-order valence-electron chi connectivity index (χ2n) is 8.27. The van der Waals surface area contributed by atoms with E-state index in [0.717, 1.165) is 46.4 Å². The second-order valence-corrected chi connectivity index (χ2v) is 8.27. The number of carbonyl (C=O) groups excluding carboxylic acids is 1. The van der Waals surface area contributed by atoms with Gasteiger partial charge in [-0.05, 0) is 44.5 Å². The SMILES string of the molecule is CCCc1c(OC)ccc2c1OC(C)(C)CC2NC(=O)Nc1cccc2[nH]ncc12. The molecule has 2 amide bonds. The van der Waals surface area contributed by atoms with E-state index in [0.29, 0.717) is 12.1 Å². The van der Waals surface area contributed by atoms with Crippen molar-refractivity contribution in [3.05, 3.63) is 47.7 Å². The first-order valence-corrected chi connectivity index (χ1v) is 10.3. The van der Waals surface area contributed by atoms with Gasteiger partial charge in [-0.15, -0.1) is 0 Å². The summed E-state index contributed by atoms with van der Waals surface area (Å²) in [5, 5.41) is 13.9. The summed E-state index contributed by atoms with van der Waals surface area (Å²) in [7, 11) is 1.68. The lowest BCUT2D eigenvalue weighted by Crippen LogP contribution is -2.42. The van der Waals surface area contributed by atoms with Gasteiger partial charge in [-0.1, -0.05) is 19.4 Å². The predicted octanol–water partition coefficient (Wildman–Crippen LogP) is 4.95. The quantitative estimate of drug-likeness (QED) is 0.557. The van der Waals surface area contributed by atoms with Gasteiger partial charge in [0.1, 0.15) is 17.1 Å². The Kier molecular flexibility index (Phi) is 5.28. The maximum atomic E-state index is 12.9. The minimum Gasteiger partial charge on any atom is -0.496 e. The summed E-state index contributed by atoms with van der Waals surface area (Å²) in [4.78, 5) is 12.9. The molecule has 0 bridgehead atoms. The van der Waals surface area contributed by atoms with Crippen LogP contribution < -0.4 is 20.1 Å². The largest absolute Gasteiger partial charge is 0.496 e. The number of hydrogen-bond acceptors (Lipinski definition) is 4. The van der Waals surface area contributed by atoms with Crippen LogP contribution in [0.5, 0.6) is 11.5 Å². The molecule has 2 aromatic carbocycles. The molecule has 1 aliphatic rings. The van der Waals surface area contributed by atoms with Crippen LogP contribution in [0.25, 0.3) is 10.9 Å². The number of rotatable bonds is 5. The summed E-state index contributed by atoms with van der Waals surface area (Å²) in [5.41, 5.74) is 3.22. The number of aromatic nitrogens is 2. The molecule has 3 N–H and O–H groups in total. The van der Waals surface area contributed by atoms with E-state index in [4.69, 9.17) is 9.47 Å². The molecule has 158 valence electrons. The Morgan fingerprint density at radius 1 is 1.33 bits per heavy atom. The maximum absolute atomic E-state index is 12.9. The molecule has 1 aromatic heterocycles. The number of ether oxygens (including phenoxy) is 2. The summed E-state index contributed by atoms with van der Waals surface area (Å²) in [6.45, 7) is 6.22. The molecule has 1 unspecified atom stereocenters. The number of hydrogen-bond donors (Lipinski definition) is 3. The van der Waals surface area contributed by atoms with E-state index >= 15 is 0 Å². The van der Waals surface area contributed by atoms with Crippen molar-refractivity contribution in [3.63, 3.8) is 0 Å². The lowest BCUT2D eigenvalue weighted by atomic mass is 9.87. The summed E-state index contributed by atoms with van der Waals surface area (Å²) >= 11 is 0. The topological polar surface area (TPSA) is 88.3 Å². The van der Waals surface area contributed by atoms with Gasteiger partial charge in [-0.3, -0.25) is 5.10 Å². The van der Waals surface area contributed by atoms with E-state index in [1.807, 2.05) is 44.2 Å². The van der Waals surface area contributed by atoms with Crippen LogP contribution >= 0.6 is 0 Å². The average Bonchev–Trinajstić information content (AvgIpc) is 3.18. The number of amides is 2. The van der Waals surface area contributed by atoms with Crippen molar-refractivity contribution in [3.8, 4) is 11.5 Å². The zero-order valence-electron chi connectivity index (χ0n) is 17.8. The first kappa shape index (κ1) is 20.1. The third kappa shape index (κ3) is 3.79. The normalized spacial score (nSPS) is 17.1. The second kappa shape index (κ2) is 7.89. The van der Waals surface area contributed by atoms with Crippen LogP contribution in [0.4, 0.5) is 10.5 Å². The zero-order chi connectivity index (χ0) is 21.3. The van der Waals surface area contributed by atoms with Crippen LogP contribution in [0.1, 0.15) is 50.8 Å². The van der Waals surface area contributed by atoms with E-state index in [1.54, 1.807) is 13.3 Å². The smallest absolute Gasteiger partial charge is 0.319 e. The van der Waals surface area contributed by atoms with Gasteiger partial charge < -0.3 is 20.1 Å². The van der Waals surface area contributed by atoms with Gasteiger partial charge in [0, 0.05) is 22.9 Å². The van der Waals surface area contributed by atoms with Gasteiger partial charge in [0.2, 0.25) is 0 Å². The Hall–Kier alpha value is -3.22. The number of nitrogens with one attached hydrogen (secondary N) is 3. The first-order valence-electron chi connectivity index (χ1n) is 10.3. The van der Waals surface area contributed by atoms with Crippen LogP contribution in [0.2, 0.25) is 0 Å². The van der Waals surface area contributed by atoms with Crippen molar-refractivity contribution in [2.75, 3.05) is 12.4 Å². The Morgan fingerprint density at radius 3 is 2.93 bits per heavy atom. The summed E-state index contributed by atoms with van der Waals surface area (Å²) < 4.78 is 11.9. The summed E-state index contributed by atoms with van der Waals surface area (Å²) in [6.07, 6.45) is 4.20. The van der Waals surface area contributed by atoms with Gasteiger partial charge in [-0.25, -0.2) is 4.79 Å². The Bertz CT molecular complexity index is 1070. The average molecular weight is 409 g/mol. The molecule has 7 heteroatoms. The number of methoxy groups -OCH3 is 1. The minimum atomic E-state index is -0.412. The first-order chi connectivity index (χ1) is 14.4. The van der Waals surface area contributed by atoms with Crippen molar-refractivity contribution >= 4 is 22.6 Å². The van der Waals surface area contributed by atoms with Crippen LogP contribution in [0.15, 0.2) is 36.5 Å². The molecule has 30 heavy (non-hydrogen) atoms. The molecule has 4 rings (SSSR count). The van der Waals surface area contributed by atoms with E-state index in [1.165, 1.54) is 0 Å². The Labute approximate surface area is 176 Å². The highest BCUT2D eigenvalue weighted by Crippen LogP contribution is 2.45. The molecule has 1 aliphatic heterocycles. The molecule has 1 atom stereocenters. The Morgan fingerprint density at radius 2 is 2.17 bits per heavy atom. The van der Waals surface area contributed by atoms with E-state index < -0.39 is 5.60 Å². The maximum Gasteiger partial charge on any atom is 0.319 e. The fraction of sp³-hybridized carbons (Fsp3) is 0.391. The number of aromatic amines is 1. The van der Waals surface area contributed by atoms with Gasteiger partial charge >= 0.3 is 6.03 Å². The number of anilines is 1. The molecular weight excluding hydrogens is 380 g/mol. The molecule has 0 fully saturated rings. The Balaban J connectivity index is 1.62. The van der Waals surface area contributed by atoms with Crippen molar-refractivity contribution in [1.29, 1.82) is 0 Å². The molecule has 2 heterocycles. The third-order valence-electron chi connectivity index (χ3n) is 5.46. The van der Waals surface area contributed by atoms with Crippen LogP contribution in [-0.2, 0) is 6.42 Å². The fourth-order valence-electron chi connectivity index (χ4n) is 4.14. The molecule has 0 spiro atoms. The van der Waals surface area contributed by atoms with Crippen molar-refractivity contribution < 1.29 is 14.3 Å². The van der Waals surface area contributed by atoms with Crippen LogP contribution in [0, 0.1) is 0 Å². The van der Waals surface area contributed by atoms with Gasteiger partial charge in [0.25, 0.3) is 0 Å². The molecule has 0 radical (unpaired) electrons. The predicted molar refractivity (Wildman–Crippen MR) is 117 cm³/mol. The highest BCUT2D eigenvalue weighted by Gasteiger charge is 2.36. The minimum absolute atomic E-state index is 0.172. The van der Waals surface area contributed by atoms with Crippen LogP contribution in [-0.4, -0.2) is 28.9 Å². The molecule has 0 aliphatic carbocycles. The third-order valence-corrected chi connectivity index (χ3v) is 5.46. The van der Waals surface area contributed by atoms with E-state index in [9.17, 15) is 4.79 Å². The van der Waals surface area contributed by atoms with Crippen molar-refractivity contribution in [1.82, 2.24) is 15.5 Å². The fourth-order valence-corrected chi connectivity index (χ4v) is 4.14. The van der Waals surface area contributed by atoms with Gasteiger partial charge in [-0.2, -0.15) is 5.10 Å². The number of H-pyrrole nitrogens is 1.